The van der Waals surface area contributed by atoms with Crippen molar-refractivity contribution in [1.29, 1.82) is 0 Å². The fourth-order valence-corrected chi connectivity index (χ4v) is 3.34. The number of H-pyrrole nitrogens is 1. The quantitative estimate of drug-likeness (QED) is 0.867. The molecule has 0 spiro atoms. The number of aryl methyl sites for hydroxylation is 1. The van der Waals surface area contributed by atoms with E-state index in [-0.39, 0.29) is 16.6 Å². The Kier molecular flexibility index (Phi) is 3.68. The van der Waals surface area contributed by atoms with Gasteiger partial charge in [0.2, 0.25) is 0 Å². The van der Waals surface area contributed by atoms with Gasteiger partial charge in [0.1, 0.15) is 5.15 Å². The van der Waals surface area contributed by atoms with Gasteiger partial charge in [-0.15, -0.1) is 0 Å². The van der Waals surface area contributed by atoms with Gasteiger partial charge in [-0.25, -0.2) is 9.36 Å². The van der Waals surface area contributed by atoms with Crippen molar-refractivity contribution < 1.29 is 0 Å². The molecule has 1 N–H and O–H groups in total. The fraction of sp³-hybridized carbons (Fsp3) is 0.400. The van der Waals surface area contributed by atoms with E-state index in [0.717, 1.165) is 30.3 Å². The summed E-state index contributed by atoms with van der Waals surface area (Å²) in [5.74, 6) is 0.130. The highest BCUT2D eigenvalue weighted by Crippen LogP contribution is 2.34. The lowest BCUT2D eigenvalue weighted by atomic mass is 10.0. The van der Waals surface area contributed by atoms with E-state index in [9.17, 15) is 9.59 Å². The SMILES string of the molecule is Cc1ncccc1-n1c(=O)[nH]c(Cl)c(C2CCCC2)c1=O. The minimum absolute atomic E-state index is 0.130. The van der Waals surface area contributed by atoms with Crippen molar-refractivity contribution in [3.63, 3.8) is 0 Å². The predicted octanol–water partition coefficient (Wildman–Crippen LogP) is 2.54. The molecule has 21 heavy (non-hydrogen) atoms. The van der Waals surface area contributed by atoms with Crippen LogP contribution in [0.2, 0.25) is 5.15 Å². The Morgan fingerprint density at radius 2 is 2.05 bits per heavy atom. The molecule has 0 atom stereocenters. The third kappa shape index (κ3) is 2.42. The van der Waals surface area contributed by atoms with Crippen LogP contribution in [0.1, 0.15) is 42.9 Å². The molecule has 0 saturated heterocycles. The van der Waals surface area contributed by atoms with Crippen LogP contribution in [0.5, 0.6) is 0 Å². The number of hydrogen-bond acceptors (Lipinski definition) is 3. The van der Waals surface area contributed by atoms with Crippen LogP contribution in [0.15, 0.2) is 27.9 Å². The molecule has 0 bridgehead atoms. The van der Waals surface area contributed by atoms with Crippen molar-refractivity contribution in [2.75, 3.05) is 0 Å². The summed E-state index contributed by atoms with van der Waals surface area (Å²) in [5.41, 5.74) is 0.802. The van der Waals surface area contributed by atoms with Crippen LogP contribution in [0.3, 0.4) is 0 Å². The van der Waals surface area contributed by atoms with Crippen LogP contribution >= 0.6 is 11.6 Å². The molecule has 2 heterocycles. The highest BCUT2D eigenvalue weighted by molar-refractivity contribution is 6.30. The smallest absolute Gasteiger partial charge is 0.297 e. The summed E-state index contributed by atoms with van der Waals surface area (Å²) in [6.07, 6.45) is 5.68. The Balaban J connectivity index is 2.27. The number of rotatable bonds is 2. The average molecular weight is 306 g/mol. The van der Waals surface area contributed by atoms with E-state index in [4.69, 9.17) is 11.6 Å². The van der Waals surface area contributed by atoms with E-state index in [1.807, 2.05) is 0 Å². The van der Waals surface area contributed by atoms with Gasteiger partial charge in [-0.2, -0.15) is 0 Å². The Bertz CT molecular complexity index is 788. The van der Waals surface area contributed by atoms with E-state index < -0.39 is 5.69 Å². The maximum absolute atomic E-state index is 12.8. The lowest BCUT2D eigenvalue weighted by Gasteiger charge is -2.14. The summed E-state index contributed by atoms with van der Waals surface area (Å²) in [6, 6.07) is 3.42. The maximum Gasteiger partial charge on any atom is 0.334 e. The topological polar surface area (TPSA) is 67.8 Å². The van der Waals surface area contributed by atoms with E-state index in [2.05, 4.69) is 9.97 Å². The second kappa shape index (κ2) is 5.48. The molecule has 0 unspecified atom stereocenters. The molecular weight excluding hydrogens is 290 g/mol. The first-order chi connectivity index (χ1) is 10.1. The largest absolute Gasteiger partial charge is 0.334 e. The molecule has 2 aromatic rings. The van der Waals surface area contributed by atoms with Gasteiger partial charge in [0.15, 0.2) is 0 Å². The Hall–Kier alpha value is -1.88. The summed E-state index contributed by atoms with van der Waals surface area (Å²) in [4.78, 5) is 31.7. The number of pyridine rings is 1. The highest BCUT2D eigenvalue weighted by Gasteiger charge is 2.25. The van der Waals surface area contributed by atoms with E-state index >= 15 is 0 Å². The van der Waals surface area contributed by atoms with Crippen molar-refractivity contribution in [3.05, 3.63) is 55.6 Å². The molecule has 110 valence electrons. The molecule has 1 aliphatic rings. The van der Waals surface area contributed by atoms with E-state index in [0.29, 0.717) is 16.9 Å². The van der Waals surface area contributed by atoms with E-state index in [1.54, 1.807) is 25.3 Å². The first-order valence-electron chi connectivity index (χ1n) is 7.06. The predicted molar refractivity (Wildman–Crippen MR) is 81.4 cm³/mol. The fourth-order valence-electron chi connectivity index (χ4n) is 3.02. The number of nitrogens with one attached hydrogen (secondary N) is 1. The van der Waals surface area contributed by atoms with Crippen molar-refractivity contribution in [2.24, 2.45) is 0 Å². The normalized spacial score (nSPS) is 15.5. The summed E-state index contributed by atoms with van der Waals surface area (Å²) >= 11 is 6.13. The summed E-state index contributed by atoms with van der Waals surface area (Å²) < 4.78 is 1.14. The number of aromatic amines is 1. The second-order valence-electron chi connectivity index (χ2n) is 5.39. The third-order valence-electron chi connectivity index (χ3n) is 4.07. The zero-order valence-electron chi connectivity index (χ0n) is 11.7. The van der Waals surface area contributed by atoms with Gasteiger partial charge in [-0.1, -0.05) is 24.4 Å². The van der Waals surface area contributed by atoms with Crippen LogP contribution in [-0.2, 0) is 0 Å². The van der Waals surface area contributed by atoms with Crippen molar-refractivity contribution in [3.8, 4) is 5.69 Å². The summed E-state index contributed by atoms with van der Waals surface area (Å²) in [6.45, 7) is 1.77. The summed E-state index contributed by atoms with van der Waals surface area (Å²) in [5, 5.41) is 0.176. The molecule has 1 saturated carbocycles. The zero-order chi connectivity index (χ0) is 15.0. The standard InChI is InChI=1S/C15H16ClN3O2/c1-9-11(7-4-8-17-9)19-14(20)12(10-5-2-3-6-10)13(16)18-15(19)21/h4,7-8,10H,2-3,5-6H2,1H3,(H,18,21). The van der Waals surface area contributed by atoms with Crippen LogP contribution < -0.4 is 11.2 Å². The second-order valence-corrected chi connectivity index (χ2v) is 5.77. The monoisotopic (exact) mass is 305 g/mol. The van der Waals surface area contributed by atoms with Crippen molar-refractivity contribution in [1.82, 2.24) is 14.5 Å². The lowest BCUT2D eigenvalue weighted by molar-refractivity contribution is 0.687. The van der Waals surface area contributed by atoms with Crippen molar-refractivity contribution in [2.45, 2.75) is 38.5 Å². The minimum atomic E-state index is -0.525. The molecule has 0 radical (unpaired) electrons. The van der Waals surface area contributed by atoms with Crippen LogP contribution in [-0.4, -0.2) is 14.5 Å². The van der Waals surface area contributed by atoms with Crippen LogP contribution in [0, 0.1) is 6.92 Å². The molecule has 1 aliphatic carbocycles. The van der Waals surface area contributed by atoms with Crippen molar-refractivity contribution >= 4 is 11.6 Å². The minimum Gasteiger partial charge on any atom is -0.297 e. The Morgan fingerprint density at radius 1 is 1.33 bits per heavy atom. The van der Waals surface area contributed by atoms with Gasteiger partial charge < -0.3 is 0 Å². The molecule has 0 aromatic carbocycles. The molecular formula is C15H16ClN3O2. The number of aromatic nitrogens is 3. The number of nitrogens with zero attached hydrogens (tertiary/aromatic N) is 2. The van der Waals surface area contributed by atoms with Crippen LogP contribution in [0.25, 0.3) is 5.69 Å². The molecule has 5 nitrogen and oxygen atoms in total. The number of halogens is 1. The van der Waals surface area contributed by atoms with Crippen LogP contribution in [0.4, 0.5) is 0 Å². The Labute approximate surface area is 126 Å². The first kappa shape index (κ1) is 14.1. The first-order valence-corrected chi connectivity index (χ1v) is 7.44. The summed E-state index contributed by atoms with van der Waals surface area (Å²) in [7, 11) is 0. The Morgan fingerprint density at radius 3 is 2.71 bits per heavy atom. The van der Waals surface area contributed by atoms with Gasteiger partial charge in [-0.05, 0) is 37.8 Å². The molecule has 2 aromatic heterocycles. The van der Waals surface area contributed by atoms with Gasteiger partial charge in [0.25, 0.3) is 5.56 Å². The maximum atomic E-state index is 12.8. The van der Waals surface area contributed by atoms with Gasteiger partial charge in [0, 0.05) is 6.20 Å². The third-order valence-corrected chi connectivity index (χ3v) is 4.37. The molecule has 1 fully saturated rings. The molecule has 0 aliphatic heterocycles. The average Bonchev–Trinajstić information content (AvgIpc) is 2.94. The zero-order valence-corrected chi connectivity index (χ0v) is 12.5. The van der Waals surface area contributed by atoms with Gasteiger partial charge in [-0.3, -0.25) is 14.8 Å². The highest BCUT2D eigenvalue weighted by atomic mass is 35.5. The van der Waals surface area contributed by atoms with Gasteiger partial charge >= 0.3 is 5.69 Å². The number of hydrogen-bond donors (Lipinski definition) is 1. The molecule has 0 amide bonds. The lowest BCUT2D eigenvalue weighted by Crippen LogP contribution is -2.37. The van der Waals surface area contributed by atoms with Gasteiger partial charge in [0.05, 0.1) is 16.9 Å². The van der Waals surface area contributed by atoms with E-state index in [1.165, 1.54) is 0 Å². The molecule has 6 heteroatoms. The molecule has 3 rings (SSSR count).